The van der Waals surface area contributed by atoms with Crippen molar-refractivity contribution < 1.29 is 0 Å². The molecule has 0 radical (unpaired) electrons. The van der Waals surface area contributed by atoms with Crippen molar-refractivity contribution in [2.75, 3.05) is 0 Å². The van der Waals surface area contributed by atoms with Crippen LogP contribution in [-0.2, 0) is 0 Å². The molecule has 0 fully saturated rings. The summed E-state index contributed by atoms with van der Waals surface area (Å²) >= 11 is 3.82. The fourth-order valence-electron chi connectivity index (χ4n) is 8.34. The van der Waals surface area contributed by atoms with E-state index in [0.717, 1.165) is 0 Å². The van der Waals surface area contributed by atoms with Crippen LogP contribution in [0.4, 0.5) is 0 Å². The van der Waals surface area contributed by atoms with Crippen LogP contribution in [-0.4, -0.2) is 0 Å². The molecule has 0 amide bonds. The second-order valence-electron chi connectivity index (χ2n) is 13.6. The molecular weight excluding hydrogens is 641 g/mol. The molecule has 0 nitrogen and oxygen atoms in total. The van der Waals surface area contributed by atoms with E-state index in [-0.39, 0.29) is 0 Å². The number of hydrogen-bond acceptors (Lipinski definition) is 2. The summed E-state index contributed by atoms with van der Waals surface area (Å²) in [7, 11) is 0. The number of rotatable bonds is 3. The third-order valence-electron chi connectivity index (χ3n) is 10.8. The van der Waals surface area contributed by atoms with Crippen LogP contribution in [0.3, 0.4) is 0 Å². The molecule has 2 atom stereocenters. The Labute approximate surface area is 298 Å². The average molecular weight is 671 g/mol. The van der Waals surface area contributed by atoms with E-state index >= 15 is 0 Å². The van der Waals surface area contributed by atoms with E-state index in [2.05, 4.69) is 170 Å². The molecule has 0 aliphatic heterocycles. The van der Waals surface area contributed by atoms with Crippen LogP contribution in [0.25, 0.3) is 89.7 Å². The summed E-state index contributed by atoms with van der Waals surface area (Å²) in [6.45, 7) is 0. The Morgan fingerprint density at radius 2 is 0.920 bits per heavy atom. The highest BCUT2D eigenvalue weighted by molar-refractivity contribution is 7.26. The first-order valence-corrected chi connectivity index (χ1v) is 19.0. The van der Waals surface area contributed by atoms with E-state index in [1.165, 1.54) is 95.3 Å². The molecule has 7 aromatic carbocycles. The van der Waals surface area contributed by atoms with Gasteiger partial charge in [-0.05, 0) is 85.3 Å². The molecule has 2 heterocycles. The van der Waals surface area contributed by atoms with Crippen LogP contribution in [0, 0.1) is 11.8 Å². The highest BCUT2D eigenvalue weighted by Crippen LogP contribution is 2.46. The predicted molar refractivity (Wildman–Crippen MR) is 220 cm³/mol. The second-order valence-corrected chi connectivity index (χ2v) is 15.8. The Hall–Kier alpha value is -5.54. The smallest absolute Gasteiger partial charge is 0.0361 e. The topological polar surface area (TPSA) is 0 Å². The molecular formula is C48H30S2. The van der Waals surface area contributed by atoms with E-state index in [1.807, 2.05) is 22.7 Å². The van der Waals surface area contributed by atoms with Gasteiger partial charge >= 0.3 is 0 Å². The van der Waals surface area contributed by atoms with Crippen molar-refractivity contribution in [3.63, 3.8) is 0 Å². The van der Waals surface area contributed by atoms with Gasteiger partial charge in [-0.25, -0.2) is 0 Å². The predicted octanol–water partition coefficient (Wildman–Crippen LogP) is 14.4. The second kappa shape index (κ2) is 11.0. The molecule has 2 aliphatic carbocycles. The largest absolute Gasteiger partial charge is 0.135 e. The first-order valence-electron chi connectivity index (χ1n) is 17.3. The van der Waals surface area contributed by atoms with Gasteiger partial charge in [-0.1, -0.05) is 140 Å². The quantitative estimate of drug-likeness (QED) is 0.175. The number of hydrogen-bond donors (Lipinski definition) is 0. The number of fused-ring (bicyclic) bond motifs is 11. The highest BCUT2D eigenvalue weighted by Gasteiger charge is 2.24. The fraction of sp³-hybridized carbons (Fsp3) is 0.0417. The maximum Gasteiger partial charge on any atom is 0.0361 e. The highest BCUT2D eigenvalue weighted by atomic mass is 32.1. The molecule has 9 aromatic rings. The summed E-state index contributed by atoms with van der Waals surface area (Å²) in [6.07, 6.45) is 15.9. The van der Waals surface area contributed by atoms with Crippen LogP contribution in [0.15, 0.2) is 170 Å². The van der Waals surface area contributed by atoms with E-state index in [1.54, 1.807) is 0 Å². The van der Waals surface area contributed by atoms with Crippen molar-refractivity contribution in [3.05, 3.63) is 175 Å². The van der Waals surface area contributed by atoms with Gasteiger partial charge in [-0.3, -0.25) is 0 Å². The van der Waals surface area contributed by atoms with Crippen LogP contribution < -0.4 is 0 Å². The molecule has 234 valence electrons. The Balaban J connectivity index is 0.979. The van der Waals surface area contributed by atoms with Gasteiger partial charge in [0.05, 0.1) is 0 Å². The molecule has 2 unspecified atom stereocenters. The van der Waals surface area contributed by atoms with Crippen LogP contribution in [0.5, 0.6) is 0 Å². The lowest BCUT2D eigenvalue weighted by Gasteiger charge is -2.27. The van der Waals surface area contributed by atoms with Gasteiger partial charge in [0, 0.05) is 52.2 Å². The van der Waals surface area contributed by atoms with E-state index in [9.17, 15) is 0 Å². The molecule has 0 saturated heterocycles. The molecule has 2 aliphatic rings. The SMILES string of the molecule is C1=CC2C=CC=C(c3ccc4c(c3)sc3ccc5c(ccc6sc7cc(-c8ccc(-c9ccc%10ccccc%10c9)cc8)ccc7c65)c34)C2C=C1. The van der Waals surface area contributed by atoms with Gasteiger partial charge in [0.25, 0.3) is 0 Å². The molecule has 0 spiro atoms. The van der Waals surface area contributed by atoms with Gasteiger partial charge < -0.3 is 0 Å². The van der Waals surface area contributed by atoms with Crippen molar-refractivity contribution in [3.8, 4) is 22.3 Å². The van der Waals surface area contributed by atoms with Gasteiger partial charge in [-0.2, -0.15) is 0 Å². The number of benzene rings is 7. The van der Waals surface area contributed by atoms with Crippen LogP contribution in [0.2, 0.25) is 0 Å². The van der Waals surface area contributed by atoms with Crippen molar-refractivity contribution in [2.24, 2.45) is 11.8 Å². The molecule has 0 N–H and O–H groups in total. The lowest BCUT2D eigenvalue weighted by molar-refractivity contribution is 0.678. The third kappa shape index (κ3) is 4.35. The van der Waals surface area contributed by atoms with E-state index in [4.69, 9.17) is 0 Å². The lowest BCUT2D eigenvalue weighted by Crippen LogP contribution is -2.14. The lowest BCUT2D eigenvalue weighted by atomic mass is 9.77. The minimum Gasteiger partial charge on any atom is -0.135 e. The Kier molecular flexibility index (Phi) is 6.22. The van der Waals surface area contributed by atoms with Gasteiger partial charge in [0.1, 0.15) is 0 Å². The van der Waals surface area contributed by atoms with Crippen molar-refractivity contribution in [1.29, 1.82) is 0 Å². The Morgan fingerprint density at radius 1 is 0.380 bits per heavy atom. The van der Waals surface area contributed by atoms with Crippen LogP contribution in [0.1, 0.15) is 5.56 Å². The minimum absolute atomic E-state index is 0.410. The maximum absolute atomic E-state index is 2.43. The summed E-state index contributed by atoms with van der Waals surface area (Å²) in [4.78, 5) is 0. The normalized spacial score (nSPS) is 17.1. The van der Waals surface area contributed by atoms with Gasteiger partial charge in [-0.15, -0.1) is 22.7 Å². The molecule has 11 rings (SSSR count). The Morgan fingerprint density at radius 3 is 1.64 bits per heavy atom. The summed E-state index contributed by atoms with van der Waals surface area (Å²) in [5.74, 6) is 0.857. The summed E-state index contributed by atoms with van der Waals surface area (Å²) in [5, 5.41) is 10.7. The van der Waals surface area contributed by atoms with Crippen molar-refractivity contribution in [2.45, 2.75) is 0 Å². The zero-order chi connectivity index (χ0) is 32.8. The maximum atomic E-state index is 2.43. The summed E-state index contributed by atoms with van der Waals surface area (Å²) in [5.41, 5.74) is 7.74. The molecule has 0 saturated carbocycles. The number of allylic oxidation sites excluding steroid dienone is 8. The standard InChI is InChI=1S/C48H30S2/c1-2-8-33-26-34(17-16-29(33)6-1)30-12-14-31(15-13-30)35-18-20-41-45(27-35)49-43-24-22-40-39(47(41)43)23-25-44-48(40)42-21-19-36(28-46(42)50-44)38-11-5-9-32-7-3-4-10-37(32)38/h1-28,32,37H. The van der Waals surface area contributed by atoms with Crippen molar-refractivity contribution >= 4 is 90.1 Å². The zero-order valence-electron chi connectivity index (χ0n) is 27.1. The van der Waals surface area contributed by atoms with E-state index < -0.39 is 0 Å². The fourth-order valence-corrected chi connectivity index (χ4v) is 10.7. The summed E-state index contributed by atoms with van der Waals surface area (Å²) in [6, 6.07) is 47.9. The number of thiophene rings is 2. The van der Waals surface area contributed by atoms with Gasteiger partial charge in [0.15, 0.2) is 0 Å². The zero-order valence-corrected chi connectivity index (χ0v) is 28.8. The molecule has 0 bridgehead atoms. The molecule has 50 heavy (non-hydrogen) atoms. The average Bonchev–Trinajstić information content (AvgIpc) is 3.75. The first-order chi connectivity index (χ1) is 24.7. The molecule has 2 aromatic heterocycles. The van der Waals surface area contributed by atoms with Gasteiger partial charge in [0.2, 0.25) is 0 Å². The van der Waals surface area contributed by atoms with E-state index in [0.29, 0.717) is 11.8 Å². The molecule has 2 heteroatoms. The van der Waals surface area contributed by atoms with Crippen molar-refractivity contribution in [1.82, 2.24) is 0 Å². The Bertz CT molecular complexity index is 2980. The minimum atomic E-state index is 0.410. The summed E-state index contributed by atoms with van der Waals surface area (Å²) < 4.78 is 5.40. The first kappa shape index (κ1) is 28.3. The monoisotopic (exact) mass is 670 g/mol. The third-order valence-corrected chi connectivity index (χ3v) is 13.1. The van der Waals surface area contributed by atoms with Crippen LogP contribution >= 0.6 is 22.7 Å².